The van der Waals surface area contributed by atoms with Gasteiger partial charge in [0.15, 0.2) is 6.10 Å². The normalized spacial score (nSPS) is 16.1. The Morgan fingerprint density at radius 1 is 0.968 bits per heavy atom. The van der Waals surface area contributed by atoms with Gasteiger partial charge in [0.05, 0.1) is 11.8 Å². The Balaban J connectivity index is 1.38. The van der Waals surface area contributed by atoms with Crippen molar-refractivity contribution in [2.45, 2.75) is 38.0 Å². The van der Waals surface area contributed by atoms with Crippen LogP contribution in [-0.4, -0.2) is 28.9 Å². The van der Waals surface area contributed by atoms with Crippen LogP contribution < -0.4 is 10.6 Å². The van der Waals surface area contributed by atoms with E-state index < -0.39 is 0 Å². The molecular weight excluding hydrogens is 388 g/mol. The predicted octanol–water partition coefficient (Wildman–Crippen LogP) is 3.88. The quantitative estimate of drug-likeness (QED) is 0.587. The van der Waals surface area contributed by atoms with Crippen LogP contribution in [0.25, 0.3) is 0 Å². The number of oxime groups is 1. The number of aromatic nitrogens is 1. The molecule has 2 amide bonds. The maximum absolute atomic E-state index is 12.6. The topological polar surface area (TPSA) is 75.6 Å². The summed E-state index contributed by atoms with van der Waals surface area (Å²) >= 11 is 0. The maximum atomic E-state index is 12.6. The largest absolute Gasteiger partial charge is 0.390 e. The van der Waals surface area contributed by atoms with Crippen LogP contribution in [0.15, 0.2) is 90.3 Å². The van der Waals surface area contributed by atoms with Gasteiger partial charge in [0.2, 0.25) is 0 Å². The number of benzene rings is 2. The summed E-state index contributed by atoms with van der Waals surface area (Å²) in [5.41, 5.74) is 4.28. The first-order valence-corrected chi connectivity index (χ1v) is 10.5. The Morgan fingerprint density at radius 3 is 2.39 bits per heavy atom. The number of urea groups is 1. The van der Waals surface area contributed by atoms with Crippen molar-refractivity contribution in [1.82, 2.24) is 15.6 Å². The van der Waals surface area contributed by atoms with Gasteiger partial charge in [-0.2, -0.15) is 0 Å². The van der Waals surface area contributed by atoms with Crippen LogP contribution in [0.5, 0.6) is 0 Å². The number of hydrogen-bond donors (Lipinski definition) is 2. The van der Waals surface area contributed by atoms with Crippen LogP contribution in [-0.2, 0) is 24.2 Å². The minimum atomic E-state index is -0.232. The summed E-state index contributed by atoms with van der Waals surface area (Å²) in [5.74, 6) is 0. The molecule has 2 heterocycles. The maximum Gasteiger partial charge on any atom is 0.315 e. The Labute approximate surface area is 182 Å². The molecule has 1 aliphatic rings. The number of hydrogen-bond acceptors (Lipinski definition) is 4. The van der Waals surface area contributed by atoms with Gasteiger partial charge in [-0.15, -0.1) is 0 Å². The van der Waals surface area contributed by atoms with Crippen molar-refractivity contribution in [3.63, 3.8) is 0 Å². The summed E-state index contributed by atoms with van der Waals surface area (Å²) in [7, 11) is 0. The second kappa shape index (κ2) is 10.4. The second-order valence-corrected chi connectivity index (χ2v) is 7.65. The minimum Gasteiger partial charge on any atom is -0.390 e. The highest BCUT2D eigenvalue weighted by molar-refractivity contribution is 5.87. The van der Waals surface area contributed by atoms with E-state index in [2.05, 4.69) is 45.0 Å². The third kappa shape index (κ3) is 6.15. The van der Waals surface area contributed by atoms with Crippen molar-refractivity contribution >= 4 is 11.7 Å². The molecule has 0 saturated carbocycles. The van der Waals surface area contributed by atoms with E-state index in [4.69, 9.17) is 4.84 Å². The molecule has 6 nitrogen and oxygen atoms in total. The monoisotopic (exact) mass is 414 g/mol. The summed E-state index contributed by atoms with van der Waals surface area (Å²) in [4.78, 5) is 22.5. The molecule has 3 aromatic rings. The van der Waals surface area contributed by atoms with Crippen LogP contribution in [0.2, 0.25) is 0 Å². The average molecular weight is 415 g/mol. The van der Waals surface area contributed by atoms with Crippen LogP contribution in [0.4, 0.5) is 4.79 Å². The lowest BCUT2D eigenvalue weighted by Crippen LogP contribution is -2.48. The standard InChI is InChI=1S/C25H26N4O2/c30-25(27-18-21-12-7-13-26-17-21)28-23(15-20-10-5-2-6-11-20)24-16-22(29-31-24)14-19-8-3-1-4-9-19/h1-13,17,23-24H,14-16,18H2,(H2,27,28,30). The molecule has 31 heavy (non-hydrogen) atoms. The van der Waals surface area contributed by atoms with Gasteiger partial charge in [0, 0.05) is 31.8 Å². The lowest BCUT2D eigenvalue weighted by Gasteiger charge is -2.23. The van der Waals surface area contributed by atoms with Crippen molar-refractivity contribution in [2.24, 2.45) is 5.16 Å². The molecule has 0 radical (unpaired) electrons. The molecule has 2 unspecified atom stereocenters. The van der Waals surface area contributed by atoms with Gasteiger partial charge in [-0.1, -0.05) is 71.9 Å². The molecule has 1 aliphatic heterocycles. The first-order valence-electron chi connectivity index (χ1n) is 10.5. The molecule has 0 spiro atoms. The van der Waals surface area contributed by atoms with Crippen LogP contribution >= 0.6 is 0 Å². The van der Waals surface area contributed by atoms with Gasteiger partial charge in [0.25, 0.3) is 0 Å². The highest BCUT2D eigenvalue weighted by atomic mass is 16.6. The van der Waals surface area contributed by atoms with Crippen molar-refractivity contribution < 1.29 is 9.63 Å². The Morgan fingerprint density at radius 2 is 1.68 bits per heavy atom. The SMILES string of the molecule is O=C(NCc1cccnc1)NC(Cc1ccccc1)C1CC(Cc2ccccc2)=NO1. The summed E-state index contributed by atoms with van der Waals surface area (Å²) in [6, 6.07) is 23.7. The van der Waals surface area contributed by atoms with E-state index in [0.717, 1.165) is 23.3 Å². The van der Waals surface area contributed by atoms with E-state index in [1.165, 1.54) is 5.56 Å². The fourth-order valence-corrected chi connectivity index (χ4v) is 3.65. The van der Waals surface area contributed by atoms with E-state index in [1.807, 2.05) is 48.5 Å². The Bertz CT molecular complexity index is 994. The van der Waals surface area contributed by atoms with Crippen molar-refractivity contribution in [3.05, 3.63) is 102 Å². The first kappa shape index (κ1) is 20.6. The fourth-order valence-electron chi connectivity index (χ4n) is 3.65. The molecular formula is C25H26N4O2. The number of amides is 2. The number of rotatable bonds is 8. The molecule has 1 aromatic heterocycles. The highest BCUT2D eigenvalue weighted by Crippen LogP contribution is 2.20. The number of nitrogens with one attached hydrogen (secondary N) is 2. The second-order valence-electron chi connectivity index (χ2n) is 7.65. The zero-order valence-corrected chi connectivity index (χ0v) is 17.3. The van der Waals surface area contributed by atoms with E-state index in [9.17, 15) is 4.79 Å². The average Bonchev–Trinajstić information content (AvgIpc) is 3.28. The third-order valence-corrected chi connectivity index (χ3v) is 5.24. The molecule has 0 saturated heterocycles. The van der Waals surface area contributed by atoms with Crippen molar-refractivity contribution in [3.8, 4) is 0 Å². The minimum absolute atomic E-state index is 0.201. The van der Waals surface area contributed by atoms with Gasteiger partial charge < -0.3 is 15.5 Å². The van der Waals surface area contributed by atoms with E-state index >= 15 is 0 Å². The smallest absolute Gasteiger partial charge is 0.315 e. The summed E-state index contributed by atoms with van der Waals surface area (Å²) in [6.45, 7) is 0.416. The predicted molar refractivity (Wildman–Crippen MR) is 121 cm³/mol. The summed E-state index contributed by atoms with van der Waals surface area (Å²) in [5, 5.41) is 10.3. The van der Waals surface area contributed by atoms with Crippen LogP contribution in [0, 0.1) is 0 Å². The molecule has 158 valence electrons. The van der Waals surface area contributed by atoms with Crippen LogP contribution in [0.3, 0.4) is 0 Å². The molecule has 0 fully saturated rings. The molecule has 2 atom stereocenters. The molecule has 2 N–H and O–H groups in total. The first-order chi connectivity index (χ1) is 15.3. The molecule has 0 aliphatic carbocycles. The lowest BCUT2D eigenvalue weighted by atomic mass is 9.96. The number of carbonyl (C=O) groups excluding carboxylic acids is 1. The number of carbonyl (C=O) groups is 1. The van der Waals surface area contributed by atoms with E-state index in [1.54, 1.807) is 12.4 Å². The van der Waals surface area contributed by atoms with E-state index in [0.29, 0.717) is 19.4 Å². The number of nitrogens with zero attached hydrogens (tertiary/aromatic N) is 2. The fraction of sp³-hybridized carbons (Fsp3) is 0.240. The van der Waals surface area contributed by atoms with Crippen molar-refractivity contribution in [2.75, 3.05) is 0 Å². The Kier molecular flexibility index (Phi) is 6.90. The van der Waals surface area contributed by atoms with Gasteiger partial charge in [-0.25, -0.2) is 4.79 Å². The third-order valence-electron chi connectivity index (χ3n) is 5.24. The number of pyridine rings is 1. The zero-order valence-electron chi connectivity index (χ0n) is 17.3. The Hall–Kier alpha value is -3.67. The van der Waals surface area contributed by atoms with Crippen LogP contribution in [0.1, 0.15) is 23.1 Å². The van der Waals surface area contributed by atoms with Crippen molar-refractivity contribution in [1.29, 1.82) is 0 Å². The van der Waals surface area contributed by atoms with Gasteiger partial charge in [-0.05, 0) is 29.2 Å². The van der Waals surface area contributed by atoms with E-state index in [-0.39, 0.29) is 18.2 Å². The summed E-state index contributed by atoms with van der Waals surface area (Å²) < 4.78 is 0. The molecule has 2 aromatic carbocycles. The highest BCUT2D eigenvalue weighted by Gasteiger charge is 2.31. The molecule has 6 heteroatoms. The lowest BCUT2D eigenvalue weighted by molar-refractivity contribution is 0.0578. The van der Waals surface area contributed by atoms with Gasteiger partial charge in [-0.3, -0.25) is 4.98 Å². The van der Waals surface area contributed by atoms with Gasteiger partial charge in [0.1, 0.15) is 0 Å². The zero-order chi connectivity index (χ0) is 21.3. The molecule has 4 rings (SSSR count). The van der Waals surface area contributed by atoms with Gasteiger partial charge >= 0.3 is 6.03 Å². The summed E-state index contributed by atoms with van der Waals surface area (Å²) in [6.07, 6.45) is 5.36. The molecule has 0 bridgehead atoms.